The van der Waals surface area contributed by atoms with Crippen LogP contribution in [0.1, 0.15) is 45.4 Å². The highest BCUT2D eigenvalue weighted by Gasteiger charge is 1.93. The van der Waals surface area contributed by atoms with Crippen molar-refractivity contribution < 1.29 is 0 Å². The fraction of sp³-hybridized carbons (Fsp3) is 0.615. The van der Waals surface area contributed by atoms with Gasteiger partial charge in [-0.25, -0.2) is 0 Å². The van der Waals surface area contributed by atoms with Crippen molar-refractivity contribution in [2.75, 3.05) is 0 Å². The van der Waals surface area contributed by atoms with Gasteiger partial charge < -0.3 is 4.57 Å². The minimum Gasteiger partial charge on any atom is -0.316 e. The lowest BCUT2D eigenvalue weighted by molar-refractivity contribution is 0.549. The molecule has 0 N–H and O–H groups in total. The Morgan fingerprint density at radius 2 is 1.80 bits per heavy atom. The van der Waals surface area contributed by atoms with Crippen molar-refractivity contribution in [1.82, 2.24) is 4.57 Å². The van der Waals surface area contributed by atoms with Gasteiger partial charge in [0.15, 0.2) is 0 Å². The van der Waals surface area contributed by atoms with Crippen molar-refractivity contribution in [3.05, 3.63) is 34.7 Å². The number of rotatable bonds is 7. The Morgan fingerprint density at radius 1 is 1.07 bits per heavy atom. The Bertz CT molecular complexity index is 316. The van der Waals surface area contributed by atoms with Gasteiger partial charge in [0.1, 0.15) is 0 Å². The minimum atomic E-state index is 0.117. The van der Waals surface area contributed by atoms with E-state index in [1.807, 2.05) is 12.3 Å². The second kappa shape index (κ2) is 7.27. The Balaban J connectivity index is 2.15. The number of unbranched alkanes of at least 4 members (excludes halogenated alkanes) is 5. The molecule has 15 heavy (non-hydrogen) atoms. The summed E-state index contributed by atoms with van der Waals surface area (Å²) in [4.78, 5) is 11.3. The highest BCUT2D eigenvalue weighted by Crippen LogP contribution is 2.05. The van der Waals surface area contributed by atoms with E-state index in [4.69, 9.17) is 0 Å². The maximum atomic E-state index is 11.3. The molecule has 0 aliphatic carbocycles. The molecule has 1 aromatic heterocycles. The molecule has 0 bridgehead atoms. The van der Waals surface area contributed by atoms with Crippen LogP contribution < -0.4 is 5.56 Å². The van der Waals surface area contributed by atoms with Crippen molar-refractivity contribution in [2.24, 2.45) is 0 Å². The van der Waals surface area contributed by atoms with E-state index in [9.17, 15) is 4.79 Å². The lowest BCUT2D eigenvalue weighted by Gasteiger charge is -2.04. The van der Waals surface area contributed by atoms with Crippen molar-refractivity contribution in [3.63, 3.8) is 0 Å². The Hall–Kier alpha value is -1.05. The van der Waals surface area contributed by atoms with Crippen LogP contribution in [0.15, 0.2) is 29.2 Å². The van der Waals surface area contributed by atoms with Crippen molar-refractivity contribution in [1.29, 1.82) is 0 Å². The zero-order chi connectivity index (χ0) is 10.9. The third-order valence-corrected chi connectivity index (χ3v) is 2.65. The summed E-state index contributed by atoms with van der Waals surface area (Å²) >= 11 is 0. The molecule has 84 valence electrons. The molecule has 0 aliphatic rings. The van der Waals surface area contributed by atoms with Gasteiger partial charge in [-0.05, 0) is 12.5 Å². The van der Waals surface area contributed by atoms with E-state index >= 15 is 0 Å². The normalized spacial score (nSPS) is 10.5. The molecule has 1 aromatic rings. The molecule has 0 fully saturated rings. The molecule has 0 spiro atoms. The van der Waals surface area contributed by atoms with Crippen molar-refractivity contribution >= 4 is 0 Å². The molecule has 2 heteroatoms. The summed E-state index contributed by atoms with van der Waals surface area (Å²) in [5.74, 6) is 0. The summed E-state index contributed by atoms with van der Waals surface area (Å²) in [5, 5.41) is 0. The SMILES string of the molecule is CCCCCCCCn1ccccc1=O. The minimum absolute atomic E-state index is 0.117. The summed E-state index contributed by atoms with van der Waals surface area (Å²) < 4.78 is 1.79. The molecule has 1 rings (SSSR count). The van der Waals surface area contributed by atoms with Crippen LogP contribution in [0.3, 0.4) is 0 Å². The van der Waals surface area contributed by atoms with Crippen LogP contribution in [0.2, 0.25) is 0 Å². The number of aryl methyl sites for hydroxylation is 1. The van der Waals surface area contributed by atoms with Crippen LogP contribution in [0.4, 0.5) is 0 Å². The Labute approximate surface area is 91.9 Å². The molecule has 2 nitrogen and oxygen atoms in total. The molecule has 0 atom stereocenters. The zero-order valence-corrected chi connectivity index (χ0v) is 9.61. The summed E-state index contributed by atoms with van der Waals surface area (Å²) in [5.41, 5.74) is 0.117. The molecule has 0 amide bonds. The average molecular weight is 207 g/mol. The van der Waals surface area contributed by atoms with E-state index < -0.39 is 0 Å². The van der Waals surface area contributed by atoms with Gasteiger partial charge in [-0.15, -0.1) is 0 Å². The number of hydrogen-bond donors (Lipinski definition) is 0. The fourth-order valence-corrected chi connectivity index (χ4v) is 1.71. The van der Waals surface area contributed by atoms with Crippen molar-refractivity contribution in [2.45, 2.75) is 52.0 Å². The first-order valence-corrected chi connectivity index (χ1v) is 6.00. The van der Waals surface area contributed by atoms with E-state index in [2.05, 4.69) is 6.92 Å². The van der Waals surface area contributed by atoms with Gasteiger partial charge in [0.25, 0.3) is 0 Å². The first-order valence-electron chi connectivity index (χ1n) is 6.00. The van der Waals surface area contributed by atoms with Gasteiger partial charge in [0.2, 0.25) is 5.56 Å². The van der Waals surface area contributed by atoms with E-state index in [0.717, 1.165) is 13.0 Å². The lowest BCUT2D eigenvalue weighted by Crippen LogP contribution is -2.17. The Kier molecular flexibility index (Phi) is 5.83. The van der Waals surface area contributed by atoms with Crippen LogP contribution in [0.25, 0.3) is 0 Å². The molecular formula is C13H21NO. The first-order chi connectivity index (χ1) is 7.34. The summed E-state index contributed by atoms with van der Waals surface area (Å²) in [7, 11) is 0. The molecule has 1 heterocycles. The molecule has 0 unspecified atom stereocenters. The van der Waals surface area contributed by atoms with Crippen molar-refractivity contribution in [3.8, 4) is 0 Å². The maximum absolute atomic E-state index is 11.3. The van der Waals surface area contributed by atoms with Crippen LogP contribution in [0.5, 0.6) is 0 Å². The van der Waals surface area contributed by atoms with Crippen LogP contribution in [-0.4, -0.2) is 4.57 Å². The molecule has 0 radical (unpaired) electrons. The third-order valence-electron chi connectivity index (χ3n) is 2.65. The van der Waals surface area contributed by atoms with Gasteiger partial charge in [0.05, 0.1) is 0 Å². The van der Waals surface area contributed by atoms with E-state index in [0.29, 0.717) is 0 Å². The summed E-state index contributed by atoms with van der Waals surface area (Å²) in [6.45, 7) is 3.09. The second-order valence-corrected chi connectivity index (χ2v) is 4.00. The molecular weight excluding hydrogens is 186 g/mol. The van der Waals surface area contributed by atoms with Gasteiger partial charge >= 0.3 is 0 Å². The van der Waals surface area contributed by atoms with Gasteiger partial charge in [-0.2, -0.15) is 0 Å². The predicted molar refractivity (Wildman–Crippen MR) is 64.1 cm³/mol. The number of nitrogens with zero attached hydrogens (tertiary/aromatic N) is 1. The van der Waals surface area contributed by atoms with E-state index in [-0.39, 0.29) is 5.56 Å². The topological polar surface area (TPSA) is 22.0 Å². The number of aromatic nitrogens is 1. The van der Waals surface area contributed by atoms with E-state index in [1.54, 1.807) is 16.7 Å². The Morgan fingerprint density at radius 3 is 2.53 bits per heavy atom. The second-order valence-electron chi connectivity index (χ2n) is 4.00. The molecule has 0 saturated heterocycles. The monoisotopic (exact) mass is 207 g/mol. The van der Waals surface area contributed by atoms with Crippen LogP contribution >= 0.6 is 0 Å². The zero-order valence-electron chi connectivity index (χ0n) is 9.61. The number of hydrogen-bond acceptors (Lipinski definition) is 1. The quantitative estimate of drug-likeness (QED) is 0.629. The largest absolute Gasteiger partial charge is 0.316 e. The highest BCUT2D eigenvalue weighted by atomic mass is 16.1. The highest BCUT2D eigenvalue weighted by molar-refractivity contribution is 4.92. The van der Waals surface area contributed by atoms with Crippen LogP contribution in [-0.2, 0) is 6.54 Å². The molecule has 0 saturated carbocycles. The van der Waals surface area contributed by atoms with Crippen LogP contribution in [0, 0.1) is 0 Å². The van der Waals surface area contributed by atoms with Gasteiger partial charge in [-0.3, -0.25) is 4.79 Å². The smallest absolute Gasteiger partial charge is 0.250 e. The summed E-state index contributed by atoms with van der Waals surface area (Å²) in [6, 6.07) is 5.33. The lowest BCUT2D eigenvalue weighted by atomic mass is 10.1. The fourth-order valence-electron chi connectivity index (χ4n) is 1.71. The maximum Gasteiger partial charge on any atom is 0.250 e. The number of pyridine rings is 1. The average Bonchev–Trinajstić information content (AvgIpc) is 2.25. The molecule has 0 aromatic carbocycles. The molecule has 0 aliphatic heterocycles. The summed E-state index contributed by atoms with van der Waals surface area (Å²) in [6.07, 6.45) is 9.49. The third kappa shape index (κ3) is 4.82. The standard InChI is InChI=1S/C13H21NO/c1-2-3-4-5-6-8-11-14-12-9-7-10-13(14)15/h7,9-10,12H,2-6,8,11H2,1H3. The van der Waals surface area contributed by atoms with E-state index in [1.165, 1.54) is 32.1 Å². The first kappa shape index (κ1) is 12.0. The predicted octanol–water partition coefficient (Wildman–Crippen LogP) is 3.21. The van der Waals surface area contributed by atoms with Gasteiger partial charge in [0, 0.05) is 18.8 Å². The van der Waals surface area contributed by atoms with Gasteiger partial charge in [-0.1, -0.05) is 45.1 Å².